The van der Waals surface area contributed by atoms with Crippen LogP contribution in [0.4, 0.5) is 5.69 Å². The average molecular weight is 316 g/mol. The second-order valence-corrected chi connectivity index (χ2v) is 6.57. The van der Waals surface area contributed by atoms with E-state index in [1.165, 1.54) is 10.3 Å². The molecule has 1 aromatic heterocycles. The third-order valence-corrected chi connectivity index (χ3v) is 5.39. The van der Waals surface area contributed by atoms with Gasteiger partial charge in [-0.15, -0.1) is 0 Å². The number of aromatic nitrogens is 1. The number of anilines is 1. The normalized spacial score (nSPS) is 22.3. The van der Waals surface area contributed by atoms with Crippen LogP contribution in [0, 0.1) is 12.8 Å². The molecule has 2 atom stereocenters. The van der Waals surface area contributed by atoms with Gasteiger partial charge in [0.05, 0.1) is 17.5 Å². The number of rotatable bonds is 1. The number of carbonyl (C=O) groups excluding carboxylic acids is 2. The summed E-state index contributed by atoms with van der Waals surface area (Å²) in [5.74, 6) is -0.814. The van der Waals surface area contributed by atoms with E-state index in [-0.39, 0.29) is 23.7 Å². The second-order valence-electron chi connectivity index (χ2n) is 6.57. The summed E-state index contributed by atoms with van der Waals surface area (Å²) in [5, 5.41) is 1.17. The van der Waals surface area contributed by atoms with Crippen LogP contribution in [0.15, 0.2) is 54.6 Å². The van der Waals surface area contributed by atoms with E-state index in [1.54, 1.807) is 0 Å². The lowest BCUT2D eigenvalue weighted by molar-refractivity contribution is -0.122. The minimum absolute atomic E-state index is 0.0802. The van der Waals surface area contributed by atoms with Crippen molar-refractivity contribution in [2.24, 2.45) is 5.92 Å². The Morgan fingerprint density at radius 1 is 0.917 bits per heavy atom. The number of fused-ring (bicyclic) bond motifs is 5. The van der Waals surface area contributed by atoms with Gasteiger partial charge in [-0.2, -0.15) is 0 Å². The quantitative estimate of drug-likeness (QED) is 0.647. The number of hydrogen-bond acceptors (Lipinski definition) is 2. The summed E-state index contributed by atoms with van der Waals surface area (Å²) in [4.78, 5) is 27.4. The van der Waals surface area contributed by atoms with E-state index < -0.39 is 0 Å². The second kappa shape index (κ2) is 4.57. The number of hydrogen-bond donors (Lipinski definition) is 0. The van der Waals surface area contributed by atoms with Gasteiger partial charge >= 0.3 is 0 Å². The lowest BCUT2D eigenvalue weighted by Crippen LogP contribution is -2.32. The van der Waals surface area contributed by atoms with E-state index in [9.17, 15) is 9.59 Å². The van der Waals surface area contributed by atoms with E-state index in [1.807, 2.05) is 42.5 Å². The molecule has 118 valence electrons. The number of imide groups is 1. The van der Waals surface area contributed by atoms with Crippen molar-refractivity contribution in [3.63, 3.8) is 0 Å². The number of para-hydroxylation sites is 2. The van der Waals surface area contributed by atoms with Gasteiger partial charge in [-0.3, -0.25) is 9.59 Å². The number of amides is 2. The smallest absolute Gasteiger partial charge is 0.243 e. The van der Waals surface area contributed by atoms with Crippen LogP contribution < -0.4 is 4.90 Å². The molecule has 2 aromatic carbocycles. The van der Waals surface area contributed by atoms with Crippen LogP contribution in [0.3, 0.4) is 0 Å². The van der Waals surface area contributed by atoms with Crippen molar-refractivity contribution in [2.75, 3.05) is 4.90 Å². The molecule has 1 fully saturated rings. The summed E-state index contributed by atoms with van der Waals surface area (Å²) < 4.78 is 2.16. The highest BCUT2D eigenvalue weighted by atomic mass is 16.2. The van der Waals surface area contributed by atoms with Gasteiger partial charge in [0.1, 0.15) is 0 Å². The molecule has 0 bridgehead atoms. The van der Waals surface area contributed by atoms with Crippen molar-refractivity contribution in [3.8, 4) is 0 Å². The summed E-state index contributed by atoms with van der Waals surface area (Å²) in [6.07, 6.45) is 0. The van der Waals surface area contributed by atoms with Gasteiger partial charge in [0.2, 0.25) is 11.8 Å². The Morgan fingerprint density at radius 3 is 2.42 bits per heavy atom. The lowest BCUT2D eigenvalue weighted by atomic mass is 9.93. The minimum atomic E-state index is -0.356. The Morgan fingerprint density at radius 2 is 1.62 bits per heavy atom. The molecule has 0 aliphatic carbocycles. The van der Waals surface area contributed by atoms with Crippen molar-refractivity contribution in [3.05, 3.63) is 65.9 Å². The number of carbonyl (C=O) groups is 2. The molecule has 4 heteroatoms. The molecular weight excluding hydrogens is 300 g/mol. The molecule has 2 aliphatic heterocycles. The molecule has 0 saturated carbocycles. The van der Waals surface area contributed by atoms with Gasteiger partial charge in [-0.05, 0) is 30.7 Å². The first-order valence-corrected chi connectivity index (χ1v) is 8.19. The van der Waals surface area contributed by atoms with E-state index in [2.05, 4.69) is 23.6 Å². The van der Waals surface area contributed by atoms with Crippen LogP contribution in [0.25, 0.3) is 10.9 Å². The predicted octanol–water partition coefficient (Wildman–Crippen LogP) is 3.24. The highest BCUT2D eigenvalue weighted by molar-refractivity contribution is 6.24. The number of nitrogens with zero attached hydrogens (tertiary/aromatic N) is 2. The molecule has 4 nitrogen and oxygen atoms in total. The summed E-state index contributed by atoms with van der Waals surface area (Å²) in [7, 11) is 0. The third kappa shape index (κ3) is 1.53. The number of aryl methyl sites for hydroxylation is 1. The maximum absolute atomic E-state index is 13.1. The Bertz CT molecular complexity index is 1000. The molecule has 24 heavy (non-hydrogen) atoms. The Balaban J connectivity index is 1.68. The summed E-state index contributed by atoms with van der Waals surface area (Å²) in [6, 6.07) is 17.4. The van der Waals surface area contributed by atoms with E-state index in [4.69, 9.17) is 0 Å². The standard InChI is InChI=1S/C20H16N2O2/c1-12-14-9-5-6-10-16(14)21-11-15-17(18(12)21)20(24)22(19(15)23)13-7-3-2-4-8-13/h2-10,15,17H,11H2,1H3. The fraction of sp³-hybridized carbons (Fsp3) is 0.200. The topological polar surface area (TPSA) is 42.3 Å². The zero-order valence-corrected chi connectivity index (χ0v) is 13.3. The van der Waals surface area contributed by atoms with Gasteiger partial charge in [0, 0.05) is 23.1 Å². The molecule has 3 aromatic rings. The monoisotopic (exact) mass is 316 g/mol. The summed E-state index contributed by atoms with van der Waals surface area (Å²) in [5.41, 5.74) is 3.92. The van der Waals surface area contributed by atoms with Crippen LogP contribution in [-0.2, 0) is 16.1 Å². The van der Waals surface area contributed by atoms with Crippen molar-refractivity contribution in [1.29, 1.82) is 0 Å². The van der Waals surface area contributed by atoms with Gasteiger partial charge in [-0.1, -0.05) is 36.4 Å². The van der Waals surface area contributed by atoms with Crippen LogP contribution >= 0.6 is 0 Å². The molecule has 1 saturated heterocycles. The van der Waals surface area contributed by atoms with Gasteiger partial charge in [0.25, 0.3) is 0 Å². The Kier molecular flexibility index (Phi) is 2.58. The molecular formula is C20H16N2O2. The molecule has 2 unspecified atom stereocenters. The summed E-state index contributed by atoms with van der Waals surface area (Å²) >= 11 is 0. The first-order chi connectivity index (χ1) is 11.7. The first-order valence-electron chi connectivity index (χ1n) is 8.19. The Hall–Kier alpha value is -2.88. The van der Waals surface area contributed by atoms with E-state index >= 15 is 0 Å². The maximum atomic E-state index is 13.1. The van der Waals surface area contributed by atoms with Crippen LogP contribution in [0.2, 0.25) is 0 Å². The van der Waals surface area contributed by atoms with Crippen molar-refractivity contribution >= 4 is 28.4 Å². The third-order valence-electron chi connectivity index (χ3n) is 5.39. The maximum Gasteiger partial charge on any atom is 0.243 e. The van der Waals surface area contributed by atoms with Crippen molar-refractivity contribution in [2.45, 2.75) is 19.4 Å². The van der Waals surface area contributed by atoms with Gasteiger partial charge in [0.15, 0.2) is 0 Å². The highest BCUT2D eigenvalue weighted by Gasteiger charge is 2.54. The van der Waals surface area contributed by atoms with E-state index in [0.717, 1.165) is 16.8 Å². The largest absolute Gasteiger partial charge is 0.343 e. The number of benzene rings is 2. The van der Waals surface area contributed by atoms with E-state index in [0.29, 0.717) is 12.2 Å². The summed E-state index contributed by atoms with van der Waals surface area (Å²) in [6.45, 7) is 2.64. The first kappa shape index (κ1) is 13.5. The molecule has 2 amide bonds. The molecule has 0 N–H and O–H groups in total. The molecule has 5 rings (SSSR count). The van der Waals surface area contributed by atoms with Crippen LogP contribution in [0.1, 0.15) is 17.2 Å². The lowest BCUT2D eigenvalue weighted by Gasteiger charge is -2.16. The Labute approximate surface area is 139 Å². The highest BCUT2D eigenvalue weighted by Crippen LogP contribution is 2.47. The molecule has 0 spiro atoms. The van der Waals surface area contributed by atoms with Gasteiger partial charge < -0.3 is 4.57 Å². The molecule has 2 aliphatic rings. The average Bonchev–Trinajstić information content (AvgIpc) is 3.20. The molecule has 3 heterocycles. The fourth-order valence-corrected chi connectivity index (χ4v) is 4.34. The van der Waals surface area contributed by atoms with Crippen LogP contribution in [-0.4, -0.2) is 16.4 Å². The van der Waals surface area contributed by atoms with Gasteiger partial charge in [-0.25, -0.2) is 4.90 Å². The SMILES string of the molecule is Cc1c2n(c3ccccc13)CC1C(=O)N(c3ccccc3)C(=O)C21. The van der Waals surface area contributed by atoms with Crippen molar-refractivity contribution < 1.29 is 9.59 Å². The van der Waals surface area contributed by atoms with Crippen LogP contribution in [0.5, 0.6) is 0 Å². The van der Waals surface area contributed by atoms with Crippen molar-refractivity contribution in [1.82, 2.24) is 4.57 Å². The fourth-order valence-electron chi connectivity index (χ4n) is 4.34. The zero-order valence-electron chi connectivity index (χ0n) is 13.3. The zero-order chi connectivity index (χ0) is 16.4. The predicted molar refractivity (Wildman–Crippen MR) is 91.8 cm³/mol. The molecule has 0 radical (unpaired) electrons. The minimum Gasteiger partial charge on any atom is -0.343 e.